The molecule has 0 aliphatic heterocycles. The van der Waals surface area contributed by atoms with Crippen LogP contribution in [0.1, 0.15) is 5.56 Å². The van der Waals surface area contributed by atoms with Gasteiger partial charge in [-0.05, 0) is 29.8 Å². The zero-order chi connectivity index (χ0) is 14.8. The summed E-state index contributed by atoms with van der Waals surface area (Å²) >= 11 is 5.53. The second-order valence-electron chi connectivity index (χ2n) is 3.54. The molecule has 0 bridgehead atoms. The van der Waals surface area contributed by atoms with E-state index in [0.717, 1.165) is 12.1 Å². The molecule has 20 heavy (non-hydrogen) atoms. The Hall–Kier alpha value is -2.24. The highest BCUT2D eigenvalue weighted by molar-refractivity contribution is 7.92. The van der Waals surface area contributed by atoms with Crippen LogP contribution in [0.2, 0.25) is 5.28 Å². The number of anilines is 1. The zero-order valence-corrected chi connectivity index (χ0v) is 11.3. The van der Waals surface area contributed by atoms with Crippen LogP contribution in [0.3, 0.4) is 0 Å². The summed E-state index contributed by atoms with van der Waals surface area (Å²) in [4.78, 5) is 6.77. The van der Waals surface area contributed by atoms with Gasteiger partial charge in [-0.2, -0.15) is 10.2 Å². The third-order valence-electron chi connectivity index (χ3n) is 2.24. The fourth-order valence-electron chi connectivity index (χ4n) is 1.42. The number of nitrogens with zero attached hydrogens (tertiary/aromatic N) is 3. The lowest BCUT2D eigenvalue weighted by Gasteiger charge is -2.08. The third kappa shape index (κ3) is 2.84. The lowest BCUT2D eigenvalue weighted by Crippen LogP contribution is -2.16. The molecule has 0 saturated carbocycles. The van der Waals surface area contributed by atoms with E-state index in [4.69, 9.17) is 16.9 Å². The summed E-state index contributed by atoms with van der Waals surface area (Å²) < 4.78 is 39.7. The first-order chi connectivity index (χ1) is 9.44. The molecule has 0 fully saturated rings. The lowest BCUT2D eigenvalue weighted by atomic mass is 10.2. The summed E-state index contributed by atoms with van der Waals surface area (Å²) in [5, 5.41) is 8.70. The number of aromatic nitrogens is 2. The van der Waals surface area contributed by atoms with Gasteiger partial charge >= 0.3 is 0 Å². The van der Waals surface area contributed by atoms with Crippen molar-refractivity contribution < 1.29 is 12.8 Å². The van der Waals surface area contributed by atoms with Crippen LogP contribution in [-0.4, -0.2) is 18.4 Å². The van der Waals surface area contributed by atoms with Crippen molar-refractivity contribution in [1.82, 2.24) is 9.97 Å². The predicted molar refractivity (Wildman–Crippen MR) is 69.0 cm³/mol. The predicted octanol–water partition coefficient (Wildman–Crippen LogP) is 1.94. The maximum atomic E-state index is 13.4. The van der Waals surface area contributed by atoms with Crippen molar-refractivity contribution >= 4 is 27.4 Å². The fourth-order valence-corrected chi connectivity index (χ4v) is 2.74. The minimum Gasteiger partial charge on any atom is -0.263 e. The first-order valence-corrected chi connectivity index (χ1v) is 7.00. The maximum absolute atomic E-state index is 13.4. The highest BCUT2D eigenvalue weighted by atomic mass is 35.5. The molecule has 1 aromatic heterocycles. The Kier molecular flexibility index (Phi) is 3.83. The van der Waals surface area contributed by atoms with E-state index >= 15 is 0 Å². The maximum Gasteiger partial charge on any atom is 0.264 e. The largest absolute Gasteiger partial charge is 0.264 e. The Balaban J connectivity index is 2.47. The van der Waals surface area contributed by atoms with Crippen LogP contribution < -0.4 is 4.72 Å². The average molecular weight is 313 g/mol. The van der Waals surface area contributed by atoms with Crippen molar-refractivity contribution in [3.05, 3.63) is 47.1 Å². The van der Waals surface area contributed by atoms with Crippen LogP contribution in [0.5, 0.6) is 0 Å². The van der Waals surface area contributed by atoms with Crippen LogP contribution in [0.4, 0.5) is 10.2 Å². The van der Waals surface area contributed by atoms with Crippen molar-refractivity contribution in [2.45, 2.75) is 4.90 Å². The Bertz CT molecular complexity index is 804. The molecule has 0 unspecified atom stereocenters. The van der Waals surface area contributed by atoms with E-state index in [1.54, 1.807) is 0 Å². The van der Waals surface area contributed by atoms with Gasteiger partial charge in [0.25, 0.3) is 10.0 Å². The molecule has 102 valence electrons. The van der Waals surface area contributed by atoms with Crippen LogP contribution in [0.25, 0.3) is 0 Å². The molecule has 2 aromatic rings. The van der Waals surface area contributed by atoms with Gasteiger partial charge in [-0.3, -0.25) is 4.72 Å². The van der Waals surface area contributed by atoms with Gasteiger partial charge in [-0.15, -0.1) is 0 Å². The number of nitriles is 1. The summed E-state index contributed by atoms with van der Waals surface area (Å²) in [5.74, 6) is -1.01. The highest BCUT2D eigenvalue weighted by Gasteiger charge is 2.21. The molecule has 6 nitrogen and oxygen atoms in total. The molecule has 0 spiro atoms. The summed E-state index contributed by atoms with van der Waals surface area (Å²) in [7, 11) is -4.16. The van der Waals surface area contributed by atoms with Crippen molar-refractivity contribution in [3.63, 3.8) is 0 Å². The summed E-state index contributed by atoms with van der Waals surface area (Å²) in [5.41, 5.74) is -0.569. The second kappa shape index (κ2) is 5.40. The summed E-state index contributed by atoms with van der Waals surface area (Å²) in [6.07, 6.45) is 1.25. The number of benzene rings is 1. The number of nitrogens with one attached hydrogen (secondary N) is 1. The molecule has 0 aliphatic rings. The van der Waals surface area contributed by atoms with Gasteiger partial charge in [-0.1, -0.05) is 6.07 Å². The number of hydrogen-bond donors (Lipinski definition) is 1. The topological polar surface area (TPSA) is 95.7 Å². The van der Waals surface area contributed by atoms with Gasteiger partial charge in [0.2, 0.25) is 5.28 Å². The molecule has 0 saturated heterocycles. The summed E-state index contributed by atoms with van der Waals surface area (Å²) in [6.45, 7) is 0. The molecule has 0 amide bonds. The van der Waals surface area contributed by atoms with Crippen LogP contribution in [0.15, 0.2) is 35.4 Å². The van der Waals surface area contributed by atoms with Crippen LogP contribution in [0, 0.1) is 17.1 Å². The molecule has 0 radical (unpaired) electrons. The lowest BCUT2D eigenvalue weighted by molar-refractivity contribution is 0.593. The number of sulfonamides is 1. The smallest absolute Gasteiger partial charge is 0.263 e. The molecule has 2 rings (SSSR count). The normalized spacial score (nSPS) is 10.8. The second-order valence-corrected chi connectivity index (χ2v) is 5.53. The van der Waals surface area contributed by atoms with Gasteiger partial charge < -0.3 is 0 Å². The minimum atomic E-state index is -4.16. The Morgan fingerprint density at radius 3 is 2.75 bits per heavy atom. The average Bonchev–Trinajstić information content (AvgIpc) is 2.38. The standard InChI is InChI=1S/C11H6ClFN4O2S/c12-11-15-5-4-10(16-11)17-20(18,19)9-3-1-2-8(13)7(9)6-14/h1-5H,(H,15,16,17). The van der Waals surface area contributed by atoms with E-state index in [0.29, 0.717) is 0 Å². The van der Waals surface area contributed by atoms with Crippen LogP contribution >= 0.6 is 11.6 Å². The minimum absolute atomic E-state index is 0.0850. The Morgan fingerprint density at radius 1 is 1.35 bits per heavy atom. The van der Waals surface area contributed by atoms with E-state index in [-0.39, 0.29) is 11.1 Å². The Labute approximate surface area is 118 Å². The quantitative estimate of drug-likeness (QED) is 0.874. The molecular formula is C11H6ClFN4O2S. The molecule has 1 N–H and O–H groups in total. The zero-order valence-electron chi connectivity index (χ0n) is 9.71. The highest BCUT2D eigenvalue weighted by Crippen LogP contribution is 2.20. The van der Waals surface area contributed by atoms with Crippen LogP contribution in [-0.2, 0) is 10.0 Å². The van der Waals surface area contributed by atoms with E-state index in [9.17, 15) is 12.8 Å². The van der Waals surface area contributed by atoms with Crippen molar-refractivity contribution in [3.8, 4) is 6.07 Å². The van der Waals surface area contributed by atoms with Crippen molar-refractivity contribution in [2.24, 2.45) is 0 Å². The van der Waals surface area contributed by atoms with E-state index < -0.39 is 26.3 Å². The van der Waals surface area contributed by atoms with E-state index in [1.807, 2.05) is 0 Å². The van der Waals surface area contributed by atoms with Gasteiger partial charge in [0.15, 0.2) is 0 Å². The van der Waals surface area contributed by atoms with E-state index in [1.165, 1.54) is 24.4 Å². The molecule has 1 aromatic carbocycles. The molecular weight excluding hydrogens is 307 g/mol. The first kappa shape index (κ1) is 14.2. The SMILES string of the molecule is N#Cc1c(F)cccc1S(=O)(=O)Nc1ccnc(Cl)n1. The van der Waals surface area contributed by atoms with E-state index in [2.05, 4.69) is 14.7 Å². The molecule has 0 atom stereocenters. The third-order valence-corrected chi connectivity index (χ3v) is 3.82. The first-order valence-electron chi connectivity index (χ1n) is 5.14. The number of hydrogen-bond acceptors (Lipinski definition) is 5. The van der Waals surface area contributed by atoms with Gasteiger partial charge in [0, 0.05) is 6.20 Å². The van der Waals surface area contributed by atoms with Gasteiger partial charge in [0.1, 0.15) is 28.2 Å². The monoisotopic (exact) mass is 312 g/mol. The summed E-state index contributed by atoms with van der Waals surface area (Å²) in [6, 6.07) is 6.10. The van der Waals surface area contributed by atoms with Crippen molar-refractivity contribution in [1.29, 1.82) is 5.26 Å². The number of rotatable bonds is 3. The number of halogens is 2. The van der Waals surface area contributed by atoms with Crippen molar-refractivity contribution in [2.75, 3.05) is 4.72 Å². The molecule has 9 heteroatoms. The van der Waals surface area contributed by atoms with Gasteiger partial charge in [0.05, 0.1) is 0 Å². The van der Waals surface area contributed by atoms with Gasteiger partial charge in [-0.25, -0.2) is 17.8 Å². The Morgan fingerprint density at radius 2 is 2.10 bits per heavy atom. The molecule has 0 aliphatic carbocycles. The molecule has 1 heterocycles. The fraction of sp³-hybridized carbons (Fsp3) is 0.